The van der Waals surface area contributed by atoms with Crippen molar-refractivity contribution in [3.05, 3.63) is 0 Å². The van der Waals surface area contributed by atoms with Crippen molar-refractivity contribution >= 4 is 29.5 Å². The van der Waals surface area contributed by atoms with E-state index in [1.54, 1.807) is 20.8 Å². The minimum absolute atomic E-state index is 0.00273. The number of nitrogens with two attached hydrogens (primary N) is 1. The van der Waals surface area contributed by atoms with Crippen LogP contribution in [0.1, 0.15) is 87.5 Å². The molecule has 0 aromatic rings. The second kappa shape index (κ2) is 10.4. The summed E-state index contributed by atoms with van der Waals surface area (Å²) < 4.78 is 16.0. The lowest BCUT2D eigenvalue weighted by Gasteiger charge is -2.38. The minimum atomic E-state index is -2.95. The predicted octanol–water partition coefficient (Wildman–Crippen LogP) is 2.40. The molecule has 1 heterocycles. The van der Waals surface area contributed by atoms with Crippen LogP contribution in [0.5, 0.6) is 0 Å². The summed E-state index contributed by atoms with van der Waals surface area (Å²) in [7, 11) is 0. The van der Waals surface area contributed by atoms with Gasteiger partial charge in [0.15, 0.2) is 0 Å². The zero-order valence-corrected chi connectivity index (χ0v) is 24.6. The van der Waals surface area contributed by atoms with Crippen molar-refractivity contribution in [2.75, 3.05) is 6.54 Å². The number of primary amides is 1. The quantitative estimate of drug-likeness (QED) is 0.256. The second-order valence-electron chi connectivity index (χ2n) is 14.4. The molecule has 5 N–H and O–H groups in total. The molecule has 3 aliphatic rings. The first-order valence-corrected chi connectivity index (χ1v) is 13.9. The van der Waals surface area contributed by atoms with E-state index in [2.05, 4.69) is 16.0 Å². The number of rotatable bonds is 9. The molecule has 5 atom stereocenters. The van der Waals surface area contributed by atoms with Crippen molar-refractivity contribution in [1.29, 1.82) is 0 Å². The van der Waals surface area contributed by atoms with Crippen LogP contribution in [0, 0.1) is 28.6 Å². The van der Waals surface area contributed by atoms with E-state index in [1.165, 1.54) is 4.90 Å². The van der Waals surface area contributed by atoms with Crippen molar-refractivity contribution in [3.63, 3.8) is 0 Å². The van der Waals surface area contributed by atoms with Crippen LogP contribution in [0.4, 0.5) is 9.18 Å². The first-order chi connectivity index (χ1) is 17.7. The number of nitrogens with one attached hydrogen (secondary N) is 3. The molecule has 3 rings (SSSR count). The monoisotopic (exact) mass is 551 g/mol. The fourth-order valence-corrected chi connectivity index (χ4v) is 6.02. The van der Waals surface area contributed by atoms with Gasteiger partial charge >= 0.3 is 6.03 Å². The molecule has 0 radical (unpaired) electrons. The summed E-state index contributed by atoms with van der Waals surface area (Å²) in [4.78, 5) is 66.0. The summed E-state index contributed by atoms with van der Waals surface area (Å²) in [6.45, 7) is 15.1. The summed E-state index contributed by atoms with van der Waals surface area (Å²) in [6.07, 6.45) is 2.80. The number of halogens is 1. The van der Waals surface area contributed by atoms with E-state index < -0.39 is 58.4 Å². The number of urea groups is 1. The summed E-state index contributed by atoms with van der Waals surface area (Å²) in [5.41, 5.74) is 3.64. The van der Waals surface area contributed by atoms with Crippen LogP contribution < -0.4 is 21.7 Å². The van der Waals surface area contributed by atoms with Gasteiger partial charge < -0.3 is 26.6 Å². The third-order valence-electron chi connectivity index (χ3n) is 8.66. The zero-order chi connectivity index (χ0) is 29.7. The number of likely N-dealkylation sites (tertiary alicyclic amines) is 1. The molecule has 5 amide bonds. The molecule has 3 fully saturated rings. The molecule has 0 bridgehead atoms. The Bertz CT molecular complexity index is 1030. The number of amides is 5. The van der Waals surface area contributed by atoms with Crippen molar-refractivity contribution in [2.24, 2.45) is 34.3 Å². The Morgan fingerprint density at radius 2 is 1.62 bits per heavy atom. The average Bonchev–Trinajstić information content (AvgIpc) is 3.07. The van der Waals surface area contributed by atoms with Gasteiger partial charge in [0.2, 0.25) is 11.8 Å². The molecule has 5 unspecified atom stereocenters. The van der Waals surface area contributed by atoms with Crippen molar-refractivity contribution in [1.82, 2.24) is 20.9 Å². The van der Waals surface area contributed by atoms with Gasteiger partial charge in [0.25, 0.3) is 17.5 Å². The maximum Gasteiger partial charge on any atom is 0.315 e. The van der Waals surface area contributed by atoms with E-state index in [0.717, 1.165) is 19.3 Å². The fourth-order valence-electron chi connectivity index (χ4n) is 6.02. The Balaban J connectivity index is 1.86. The number of ketones is 1. The number of hydrogen-bond acceptors (Lipinski definition) is 5. The maximum absolute atomic E-state index is 16.0. The van der Waals surface area contributed by atoms with Crippen LogP contribution in [0.25, 0.3) is 0 Å². The molecule has 1 saturated heterocycles. The van der Waals surface area contributed by atoms with E-state index in [4.69, 9.17) is 5.73 Å². The molecule has 10 nitrogen and oxygen atoms in total. The van der Waals surface area contributed by atoms with Crippen LogP contribution in [-0.2, 0) is 19.2 Å². The van der Waals surface area contributed by atoms with Gasteiger partial charge in [-0.2, -0.15) is 0 Å². The topological polar surface area (TPSA) is 151 Å². The van der Waals surface area contributed by atoms with Crippen molar-refractivity contribution in [3.8, 4) is 0 Å². The summed E-state index contributed by atoms with van der Waals surface area (Å²) in [5.74, 6) is -7.23. The molecule has 2 saturated carbocycles. The van der Waals surface area contributed by atoms with E-state index in [0.29, 0.717) is 6.42 Å². The molecule has 11 heteroatoms. The lowest BCUT2D eigenvalue weighted by atomic mass is 9.80. The Hall–Kier alpha value is -2.72. The second-order valence-corrected chi connectivity index (χ2v) is 14.4. The van der Waals surface area contributed by atoms with Crippen LogP contribution >= 0.6 is 0 Å². The van der Waals surface area contributed by atoms with Gasteiger partial charge in [-0.3, -0.25) is 19.2 Å². The molecule has 39 heavy (non-hydrogen) atoms. The van der Waals surface area contributed by atoms with E-state index in [9.17, 15) is 24.0 Å². The Morgan fingerprint density at radius 3 is 2.08 bits per heavy atom. The molecule has 220 valence electrons. The van der Waals surface area contributed by atoms with Crippen LogP contribution in [0.3, 0.4) is 0 Å². The highest BCUT2D eigenvalue weighted by molar-refractivity contribution is 6.38. The van der Waals surface area contributed by atoms with Gasteiger partial charge in [0, 0.05) is 18.5 Å². The number of Topliss-reactive ketones (excluding diaryl/α,β-unsaturated/α-hetero) is 1. The van der Waals surface area contributed by atoms with Crippen LogP contribution in [0.2, 0.25) is 0 Å². The lowest BCUT2D eigenvalue weighted by molar-refractivity contribution is -0.151. The van der Waals surface area contributed by atoms with Crippen LogP contribution in [-0.4, -0.2) is 64.4 Å². The number of fused-ring (bicyclic) bond motifs is 1. The largest absolute Gasteiger partial charge is 0.363 e. The molecular weight excluding hydrogens is 505 g/mol. The van der Waals surface area contributed by atoms with Crippen molar-refractivity contribution in [2.45, 2.75) is 111 Å². The molecule has 1 aliphatic heterocycles. The van der Waals surface area contributed by atoms with Gasteiger partial charge in [0.05, 0.1) is 0 Å². The lowest BCUT2D eigenvalue weighted by Crippen LogP contribution is -2.63. The van der Waals surface area contributed by atoms with E-state index in [-0.39, 0.29) is 36.1 Å². The number of carbonyl (C=O) groups excluding carboxylic acids is 5. The SMILES string of the molecule is CC(C)(C)NC(=O)NC(C(=O)N1CC2C(C1C(=O)NC(F)(CCC1CCC1)C(=O)C(N)=O)C2(C)C)C(C)(C)C. The normalized spacial score (nSPS) is 26.4. The maximum atomic E-state index is 16.0. The highest BCUT2D eigenvalue weighted by atomic mass is 19.1. The average molecular weight is 552 g/mol. The zero-order valence-electron chi connectivity index (χ0n) is 24.6. The number of hydrogen-bond donors (Lipinski definition) is 4. The predicted molar refractivity (Wildman–Crippen MR) is 144 cm³/mol. The highest BCUT2D eigenvalue weighted by Crippen LogP contribution is 2.65. The van der Waals surface area contributed by atoms with Gasteiger partial charge in [-0.1, -0.05) is 53.9 Å². The molecule has 0 aromatic heterocycles. The highest BCUT2D eigenvalue weighted by Gasteiger charge is 2.70. The third-order valence-corrected chi connectivity index (χ3v) is 8.66. The van der Waals surface area contributed by atoms with Crippen molar-refractivity contribution < 1.29 is 28.4 Å². The smallest absolute Gasteiger partial charge is 0.315 e. The fraction of sp³-hybridized carbons (Fsp3) is 0.821. The Morgan fingerprint density at radius 1 is 1.03 bits per heavy atom. The Kier molecular flexibility index (Phi) is 8.18. The minimum Gasteiger partial charge on any atom is -0.363 e. The summed E-state index contributed by atoms with van der Waals surface area (Å²) >= 11 is 0. The first kappa shape index (κ1) is 30.8. The summed E-state index contributed by atoms with van der Waals surface area (Å²) in [5, 5.41) is 7.75. The van der Waals surface area contributed by atoms with Gasteiger partial charge in [-0.15, -0.1) is 0 Å². The Labute approximate surface area is 230 Å². The van der Waals surface area contributed by atoms with Crippen LogP contribution in [0.15, 0.2) is 0 Å². The number of carbonyl (C=O) groups is 5. The van der Waals surface area contributed by atoms with Gasteiger partial charge in [-0.05, 0) is 55.8 Å². The van der Waals surface area contributed by atoms with Gasteiger partial charge in [-0.25, -0.2) is 9.18 Å². The molecular formula is C28H46FN5O5. The first-order valence-electron chi connectivity index (χ1n) is 13.9. The van der Waals surface area contributed by atoms with Gasteiger partial charge in [0.1, 0.15) is 12.1 Å². The molecule has 2 aliphatic carbocycles. The van der Waals surface area contributed by atoms with E-state index in [1.807, 2.05) is 34.6 Å². The molecule has 0 aromatic carbocycles. The number of nitrogens with zero attached hydrogens (tertiary/aromatic N) is 1. The standard InChI is InChI=1S/C28H46FN5O5/c1-25(2,3)19(31-24(39)33-26(4,5)6)23(38)34-14-16-17(27(16,7)8)18(34)22(37)32-28(29,20(35)21(30)36)13-12-15-10-9-11-15/h15-19H,9-14H2,1-8H3,(H2,30,36)(H,32,37)(H2,31,33,39). The van der Waals surface area contributed by atoms with E-state index >= 15 is 4.39 Å². The number of alkyl halides is 1. The third kappa shape index (κ3) is 6.54. The number of piperidine rings is 1. The molecule has 0 spiro atoms. The summed E-state index contributed by atoms with van der Waals surface area (Å²) in [6, 6.07) is -2.56.